The second kappa shape index (κ2) is 12.6. The Labute approximate surface area is 226 Å². The van der Waals surface area contributed by atoms with Gasteiger partial charge in [-0.25, -0.2) is 4.79 Å². The Morgan fingerprint density at radius 2 is 1.51 bits per heavy atom. The van der Waals surface area contributed by atoms with Gasteiger partial charge in [-0.15, -0.1) is 0 Å². The maximum absolute atomic E-state index is 13.7. The summed E-state index contributed by atoms with van der Waals surface area (Å²) in [6.45, 7) is 4.24. The van der Waals surface area contributed by atoms with Gasteiger partial charge < -0.3 is 25.0 Å². The molecule has 8 heteroatoms. The average molecular weight is 526 g/mol. The number of benzene rings is 3. The zero-order chi connectivity index (χ0) is 27.8. The largest absolute Gasteiger partial charge is 0.486 e. The molecule has 0 aliphatic heterocycles. The summed E-state index contributed by atoms with van der Waals surface area (Å²) in [5.74, 6) is -0.834. The minimum absolute atomic E-state index is 0.0251. The third-order valence-corrected chi connectivity index (χ3v) is 6.29. The number of nitrogens with one attached hydrogen (secondary N) is 2. The Morgan fingerprint density at radius 3 is 2.13 bits per heavy atom. The number of aromatic nitrogens is 1. The van der Waals surface area contributed by atoms with E-state index in [1.165, 1.54) is 0 Å². The lowest BCUT2D eigenvalue weighted by molar-refractivity contribution is -0.137. The van der Waals surface area contributed by atoms with E-state index in [4.69, 9.17) is 4.74 Å². The number of aryl methyl sites for hydroxylation is 2. The van der Waals surface area contributed by atoms with E-state index in [1.54, 1.807) is 22.8 Å². The Bertz CT molecular complexity index is 1480. The van der Waals surface area contributed by atoms with Crippen molar-refractivity contribution in [1.82, 2.24) is 9.88 Å². The summed E-state index contributed by atoms with van der Waals surface area (Å²) in [5.41, 5.74) is 3.70. The number of aliphatic carboxylic acids is 1. The van der Waals surface area contributed by atoms with Crippen LogP contribution in [0.4, 0.5) is 10.5 Å². The molecule has 0 radical (unpaired) electrons. The van der Waals surface area contributed by atoms with Crippen LogP contribution in [-0.2, 0) is 17.9 Å². The molecule has 39 heavy (non-hydrogen) atoms. The van der Waals surface area contributed by atoms with E-state index in [1.807, 2.05) is 86.6 Å². The van der Waals surface area contributed by atoms with Crippen molar-refractivity contribution in [3.63, 3.8) is 0 Å². The summed E-state index contributed by atoms with van der Waals surface area (Å²) in [6, 6.07) is 26.5. The molecule has 0 aliphatic rings. The first kappa shape index (κ1) is 27.2. The molecule has 8 nitrogen and oxygen atoms in total. The SMILES string of the molecule is Cc1ccc([C@H](CC(=O)O)NC(=O)Nc2c(OCc3ccccc3)cc(C)n(Cc3ccccc3)c2=O)cc1. The fraction of sp³-hybridized carbons (Fsp3) is 0.194. The van der Waals surface area contributed by atoms with Crippen molar-refractivity contribution >= 4 is 17.7 Å². The first-order chi connectivity index (χ1) is 18.8. The monoisotopic (exact) mass is 525 g/mol. The second-order valence-corrected chi connectivity index (χ2v) is 9.34. The highest BCUT2D eigenvalue weighted by Gasteiger charge is 2.22. The molecule has 1 aromatic heterocycles. The number of carbonyl (C=O) groups is 2. The molecule has 0 saturated heterocycles. The molecular weight excluding hydrogens is 494 g/mol. The molecule has 1 atom stereocenters. The van der Waals surface area contributed by atoms with Crippen LogP contribution in [0.15, 0.2) is 95.8 Å². The van der Waals surface area contributed by atoms with Crippen molar-refractivity contribution in [2.45, 2.75) is 39.5 Å². The Hall–Kier alpha value is -4.85. The molecule has 200 valence electrons. The molecule has 4 rings (SSSR count). The minimum atomic E-state index is -1.06. The first-order valence-electron chi connectivity index (χ1n) is 12.6. The third kappa shape index (κ3) is 7.35. The van der Waals surface area contributed by atoms with Crippen LogP contribution >= 0.6 is 0 Å². The van der Waals surface area contributed by atoms with Crippen LogP contribution in [0, 0.1) is 13.8 Å². The topological polar surface area (TPSA) is 110 Å². The predicted molar refractivity (Wildman–Crippen MR) is 150 cm³/mol. The molecule has 0 spiro atoms. The summed E-state index contributed by atoms with van der Waals surface area (Å²) in [7, 11) is 0. The molecule has 4 aromatic rings. The maximum atomic E-state index is 13.7. The number of carbonyl (C=O) groups excluding carboxylic acids is 1. The second-order valence-electron chi connectivity index (χ2n) is 9.34. The van der Waals surface area contributed by atoms with E-state index in [-0.39, 0.29) is 24.5 Å². The molecule has 0 aliphatic carbocycles. The minimum Gasteiger partial charge on any atom is -0.486 e. The molecule has 3 N–H and O–H groups in total. The highest BCUT2D eigenvalue weighted by molar-refractivity contribution is 5.91. The molecule has 2 amide bonds. The van der Waals surface area contributed by atoms with Crippen molar-refractivity contribution in [1.29, 1.82) is 0 Å². The Morgan fingerprint density at radius 1 is 0.897 bits per heavy atom. The zero-order valence-corrected chi connectivity index (χ0v) is 21.9. The van der Waals surface area contributed by atoms with Gasteiger partial charge in [-0.05, 0) is 30.5 Å². The standard InChI is InChI=1S/C31H31N3O5/c1-21-13-15-25(16-14-21)26(18-28(35)36)32-31(38)33-29-27(39-20-24-11-7-4-8-12-24)17-22(2)34(30(29)37)19-23-9-5-3-6-10-23/h3-17,26H,18-20H2,1-2H3,(H,35,36)(H2,32,33,38)/t26-/m0/s1. The van der Waals surface area contributed by atoms with Crippen LogP contribution in [0.3, 0.4) is 0 Å². The summed E-state index contributed by atoms with van der Waals surface area (Å²) >= 11 is 0. The third-order valence-electron chi connectivity index (χ3n) is 6.29. The van der Waals surface area contributed by atoms with E-state index in [0.29, 0.717) is 17.8 Å². The molecule has 3 aromatic carbocycles. The van der Waals surface area contributed by atoms with Crippen molar-refractivity contribution in [2.24, 2.45) is 0 Å². The lowest BCUT2D eigenvalue weighted by Crippen LogP contribution is -2.36. The van der Waals surface area contributed by atoms with Gasteiger partial charge in [-0.2, -0.15) is 0 Å². The van der Waals surface area contributed by atoms with Crippen molar-refractivity contribution < 1.29 is 19.4 Å². The van der Waals surface area contributed by atoms with Crippen LogP contribution in [-0.4, -0.2) is 21.7 Å². The molecule has 1 heterocycles. The van der Waals surface area contributed by atoms with Crippen LogP contribution < -0.4 is 20.9 Å². The number of urea groups is 1. The van der Waals surface area contributed by atoms with Crippen molar-refractivity contribution in [2.75, 3.05) is 5.32 Å². The Kier molecular flexibility index (Phi) is 8.78. The van der Waals surface area contributed by atoms with Crippen LogP contribution in [0.1, 0.15) is 40.4 Å². The molecule has 0 bridgehead atoms. The summed E-state index contributed by atoms with van der Waals surface area (Å²) < 4.78 is 7.57. The number of amides is 2. The Balaban J connectivity index is 1.64. The van der Waals surface area contributed by atoms with E-state index >= 15 is 0 Å². The van der Waals surface area contributed by atoms with Gasteiger partial charge in [0.1, 0.15) is 6.61 Å². The quantitative estimate of drug-likeness (QED) is 0.256. The van der Waals surface area contributed by atoms with Crippen LogP contribution in [0.2, 0.25) is 0 Å². The van der Waals surface area contributed by atoms with Gasteiger partial charge in [0.15, 0.2) is 11.4 Å². The number of carboxylic acids is 1. The number of nitrogens with zero attached hydrogens (tertiary/aromatic N) is 1. The number of ether oxygens (including phenoxy) is 1. The molecule has 0 unspecified atom stereocenters. The normalized spacial score (nSPS) is 11.4. The van der Waals surface area contributed by atoms with Crippen LogP contribution in [0.25, 0.3) is 0 Å². The first-order valence-corrected chi connectivity index (χ1v) is 12.6. The van der Waals surface area contributed by atoms with Gasteiger partial charge in [-0.3, -0.25) is 9.59 Å². The highest BCUT2D eigenvalue weighted by atomic mass is 16.5. The fourth-order valence-corrected chi connectivity index (χ4v) is 4.20. The van der Waals surface area contributed by atoms with Gasteiger partial charge in [-0.1, -0.05) is 90.5 Å². The number of pyridine rings is 1. The fourth-order valence-electron chi connectivity index (χ4n) is 4.20. The average Bonchev–Trinajstić information content (AvgIpc) is 2.92. The van der Waals surface area contributed by atoms with Gasteiger partial charge in [0.05, 0.1) is 19.0 Å². The number of anilines is 1. The zero-order valence-electron chi connectivity index (χ0n) is 21.9. The highest BCUT2D eigenvalue weighted by Crippen LogP contribution is 2.25. The number of rotatable bonds is 10. The summed E-state index contributed by atoms with van der Waals surface area (Å²) in [4.78, 5) is 38.4. The van der Waals surface area contributed by atoms with Gasteiger partial charge in [0, 0.05) is 11.8 Å². The lowest BCUT2D eigenvalue weighted by atomic mass is 10.0. The number of carboxylic acid groups (broad SMARTS) is 1. The summed E-state index contributed by atoms with van der Waals surface area (Å²) in [5, 5.41) is 14.8. The molecule has 0 fully saturated rings. The van der Waals surface area contributed by atoms with E-state index < -0.39 is 23.6 Å². The van der Waals surface area contributed by atoms with Crippen molar-refractivity contribution in [3.8, 4) is 5.75 Å². The lowest BCUT2D eigenvalue weighted by Gasteiger charge is -2.20. The number of hydrogen-bond donors (Lipinski definition) is 3. The molecular formula is C31H31N3O5. The predicted octanol–water partition coefficient (Wildman–Crippen LogP) is 5.43. The summed E-state index contributed by atoms with van der Waals surface area (Å²) in [6.07, 6.45) is -0.319. The van der Waals surface area contributed by atoms with E-state index in [9.17, 15) is 19.5 Å². The maximum Gasteiger partial charge on any atom is 0.319 e. The van der Waals surface area contributed by atoms with Gasteiger partial charge in [0.2, 0.25) is 0 Å². The smallest absolute Gasteiger partial charge is 0.319 e. The van der Waals surface area contributed by atoms with Gasteiger partial charge >= 0.3 is 12.0 Å². The number of hydrogen-bond acceptors (Lipinski definition) is 4. The van der Waals surface area contributed by atoms with E-state index in [0.717, 1.165) is 16.7 Å². The molecule has 0 saturated carbocycles. The van der Waals surface area contributed by atoms with Crippen molar-refractivity contribution in [3.05, 3.63) is 129 Å². The van der Waals surface area contributed by atoms with E-state index in [2.05, 4.69) is 10.6 Å². The van der Waals surface area contributed by atoms with Gasteiger partial charge in [0.25, 0.3) is 5.56 Å². The van der Waals surface area contributed by atoms with Crippen LogP contribution in [0.5, 0.6) is 5.75 Å².